The monoisotopic (exact) mass is 335 g/mol. The van der Waals surface area contributed by atoms with Crippen molar-refractivity contribution in [1.82, 2.24) is 10.1 Å². The summed E-state index contributed by atoms with van der Waals surface area (Å²) < 4.78 is 27.6. The molecule has 2 N–H and O–H groups in total. The number of rotatable bonds is 4. The molecule has 23 heavy (non-hydrogen) atoms. The second kappa shape index (κ2) is 6.43. The van der Waals surface area contributed by atoms with Gasteiger partial charge < -0.3 is 4.52 Å². The highest BCUT2D eigenvalue weighted by Crippen LogP contribution is 2.29. The molecule has 1 aromatic heterocycles. The summed E-state index contributed by atoms with van der Waals surface area (Å²) in [4.78, 5) is 2.54. The van der Waals surface area contributed by atoms with Crippen LogP contribution in [0.25, 0.3) is 0 Å². The molecule has 0 atom stereocenters. The summed E-state index contributed by atoms with van der Waals surface area (Å²) in [5.74, 6) is 0.458. The molecule has 6 nitrogen and oxygen atoms in total. The Morgan fingerprint density at radius 1 is 1.26 bits per heavy atom. The van der Waals surface area contributed by atoms with Crippen molar-refractivity contribution in [2.24, 2.45) is 5.14 Å². The summed E-state index contributed by atoms with van der Waals surface area (Å²) in [6.45, 7) is 4.81. The number of piperidine rings is 1. The lowest BCUT2D eigenvalue weighted by atomic mass is 9.89. The van der Waals surface area contributed by atoms with Crippen molar-refractivity contribution >= 4 is 10.0 Å². The Balaban J connectivity index is 1.59. The Kier molecular flexibility index (Phi) is 4.52. The average molecular weight is 335 g/mol. The van der Waals surface area contributed by atoms with E-state index in [9.17, 15) is 8.42 Å². The van der Waals surface area contributed by atoms with Gasteiger partial charge in [-0.25, -0.2) is 13.6 Å². The van der Waals surface area contributed by atoms with E-state index in [0.29, 0.717) is 5.92 Å². The molecular weight excluding hydrogens is 314 g/mol. The number of hydrogen-bond acceptors (Lipinski definition) is 5. The molecule has 0 saturated carbocycles. The molecule has 1 aliphatic rings. The minimum atomic E-state index is -3.62. The number of aryl methyl sites for hydroxylation is 1. The Morgan fingerprint density at radius 3 is 2.43 bits per heavy atom. The number of likely N-dealkylation sites (tertiary alicyclic amines) is 1. The first-order valence-corrected chi connectivity index (χ1v) is 9.23. The van der Waals surface area contributed by atoms with Crippen LogP contribution < -0.4 is 5.14 Å². The predicted octanol–water partition coefficient (Wildman–Crippen LogP) is 2.01. The smallest absolute Gasteiger partial charge is 0.238 e. The Hall–Kier alpha value is -1.70. The van der Waals surface area contributed by atoms with Gasteiger partial charge in [-0.1, -0.05) is 17.3 Å². The van der Waals surface area contributed by atoms with Gasteiger partial charge in [0.1, 0.15) is 12.0 Å². The summed E-state index contributed by atoms with van der Waals surface area (Å²) in [7, 11) is -3.62. The molecule has 1 aromatic carbocycles. The second-order valence-corrected chi connectivity index (χ2v) is 7.67. The first-order valence-electron chi connectivity index (χ1n) is 7.68. The molecule has 1 aliphatic heterocycles. The molecule has 3 rings (SSSR count). The molecule has 0 bridgehead atoms. The number of nitrogens with zero attached hydrogens (tertiary/aromatic N) is 2. The molecule has 2 heterocycles. The number of sulfonamides is 1. The first-order chi connectivity index (χ1) is 10.9. The van der Waals surface area contributed by atoms with Crippen LogP contribution in [-0.4, -0.2) is 31.6 Å². The molecule has 1 saturated heterocycles. The topological polar surface area (TPSA) is 89.4 Å². The van der Waals surface area contributed by atoms with Gasteiger partial charge in [-0.05, 0) is 56.5 Å². The van der Waals surface area contributed by atoms with Crippen molar-refractivity contribution in [1.29, 1.82) is 0 Å². The summed E-state index contributed by atoms with van der Waals surface area (Å²) in [6.07, 6.45) is 3.77. The highest BCUT2D eigenvalue weighted by molar-refractivity contribution is 7.89. The summed E-state index contributed by atoms with van der Waals surface area (Å²) >= 11 is 0. The van der Waals surface area contributed by atoms with Crippen molar-refractivity contribution < 1.29 is 12.9 Å². The van der Waals surface area contributed by atoms with Gasteiger partial charge in [0, 0.05) is 12.1 Å². The van der Waals surface area contributed by atoms with Gasteiger partial charge in [0.15, 0.2) is 0 Å². The zero-order valence-electron chi connectivity index (χ0n) is 13.1. The third-order valence-corrected chi connectivity index (χ3v) is 5.42. The van der Waals surface area contributed by atoms with Crippen LogP contribution in [-0.2, 0) is 16.6 Å². The third kappa shape index (κ3) is 3.80. The van der Waals surface area contributed by atoms with Crippen molar-refractivity contribution in [3.8, 4) is 0 Å². The van der Waals surface area contributed by atoms with Crippen molar-refractivity contribution in [2.45, 2.75) is 37.1 Å². The molecule has 1 fully saturated rings. The molecule has 2 aromatic rings. The van der Waals surface area contributed by atoms with E-state index in [1.807, 2.05) is 19.1 Å². The van der Waals surface area contributed by atoms with E-state index >= 15 is 0 Å². The van der Waals surface area contributed by atoms with Gasteiger partial charge >= 0.3 is 0 Å². The van der Waals surface area contributed by atoms with E-state index in [4.69, 9.17) is 9.66 Å². The van der Waals surface area contributed by atoms with Crippen LogP contribution in [0.15, 0.2) is 39.9 Å². The van der Waals surface area contributed by atoms with Crippen molar-refractivity contribution in [3.63, 3.8) is 0 Å². The van der Waals surface area contributed by atoms with E-state index in [2.05, 4.69) is 10.1 Å². The molecule has 0 amide bonds. The van der Waals surface area contributed by atoms with Crippen LogP contribution in [0.4, 0.5) is 0 Å². The lowest BCUT2D eigenvalue weighted by Crippen LogP contribution is -2.32. The van der Waals surface area contributed by atoms with E-state index < -0.39 is 10.0 Å². The van der Waals surface area contributed by atoms with Gasteiger partial charge in [0.25, 0.3) is 0 Å². The quantitative estimate of drug-likeness (QED) is 0.923. The van der Waals surface area contributed by atoms with Crippen LogP contribution in [0.2, 0.25) is 0 Å². The summed E-state index contributed by atoms with van der Waals surface area (Å²) in [6, 6.07) is 6.94. The lowest BCUT2D eigenvalue weighted by Gasteiger charge is -2.31. The zero-order chi connectivity index (χ0) is 16.4. The first kappa shape index (κ1) is 16.2. The fourth-order valence-electron chi connectivity index (χ4n) is 3.03. The Bertz CT molecular complexity index is 760. The standard InChI is InChI=1S/C16H21N3O3S/c1-12-11-22-18-16(12)10-19-8-6-14(7-9-19)13-2-4-15(5-3-13)23(17,20)21/h2-5,11,14H,6-10H2,1H3,(H2,17,20,21). The predicted molar refractivity (Wildman–Crippen MR) is 86.3 cm³/mol. The molecule has 0 radical (unpaired) electrons. The van der Waals surface area contributed by atoms with Gasteiger partial charge in [-0.3, -0.25) is 4.90 Å². The molecule has 124 valence electrons. The van der Waals surface area contributed by atoms with Crippen LogP contribution in [0.1, 0.15) is 35.6 Å². The molecule has 0 unspecified atom stereocenters. The fourth-order valence-corrected chi connectivity index (χ4v) is 3.54. The zero-order valence-corrected chi connectivity index (χ0v) is 13.9. The Morgan fingerprint density at radius 2 is 1.91 bits per heavy atom. The van der Waals surface area contributed by atoms with Crippen molar-refractivity contribution in [3.05, 3.63) is 47.3 Å². The van der Waals surface area contributed by atoms with Crippen molar-refractivity contribution in [2.75, 3.05) is 13.1 Å². The Labute approximate surface area is 136 Å². The SMILES string of the molecule is Cc1conc1CN1CCC(c2ccc(S(N)(=O)=O)cc2)CC1. The van der Waals surface area contributed by atoms with E-state index in [-0.39, 0.29) is 4.90 Å². The maximum atomic E-state index is 11.3. The number of aromatic nitrogens is 1. The van der Waals surface area contributed by atoms with Gasteiger partial charge in [-0.15, -0.1) is 0 Å². The molecular formula is C16H21N3O3S. The van der Waals surface area contributed by atoms with Gasteiger partial charge in [0.05, 0.1) is 4.90 Å². The minimum absolute atomic E-state index is 0.167. The number of primary sulfonamides is 1. The summed E-state index contributed by atoms with van der Waals surface area (Å²) in [5, 5.41) is 9.17. The van der Waals surface area contributed by atoms with Crippen LogP contribution in [0.3, 0.4) is 0 Å². The van der Waals surface area contributed by atoms with E-state index in [0.717, 1.165) is 43.7 Å². The number of benzene rings is 1. The van der Waals surface area contributed by atoms with Crippen LogP contribution in [0.5, 0.6) is 0 Å². The van der Waals surface area contributed by atoms with Crippen LogP contribution >= 0.6 is 0 Å². The van der Waals surface area contributed by atoms with Gasteiger partial charge in [-0.2, -0.15) is 0 Å². The molecule has 0 spiro atoms. The maximum absolute atomic E-state index is 11.3. The third-order valence-electron chi connectivity index (χ3n) is 4.49. The highest BCUT2D eigenvalue weighted by atomic mass is 32.2. The lowest BCUT2D eigenvalue weighted by molar-refractivity contribution is 0.199. The fraction of sp³-hybridized carbons (Fsp3) is 0.438. The van der Waals surface area contributed by atoms with E-state index in [1.165, 1.54) is 5.56 Å². The molecule has 7 heteroatoms. The maximum Gasteiger partial charge on any atom is 0.238 e. The minimum Gasteiger partial charge on any atom is -0.364 e. The average Bonchev–Trinajstić information content (AvgIpc) is 2.93. The number of nitrogens with two attached hydrogens (primary N) is 1. The number of hydrogen-bond donors (Lipinski definition) is 1. The normalized spacial score (nSPS) is 17.5. The van der Waals surface area contributed by atoms with Crippen LogP contribution in [0, 0.1) is 6.92 Å². The summed E-state index contributed by atoms with van der Waals surface area (Å²) in [5.41, 5.74) is 3.27. The second-order valence-electron chi connectivity index (χ2n) is 6.11. The highest BCUT2D eigenvalue weighted by Gasteiger charge is 2.22. The van der Waals surface area contributed by atoms with Gasteiger partial charge in [0.2, 0.25) is 10.0 Å². The largest absolute Gasteiger partial charge is 0.364 e. The molecule has 0 aliphatic carbocycles. The van der Waals surface area contributed by atoms with E-state index in [1.54, 1.807) is 18.4 Å².